The van der Waals surface area contributed by atoms with E-state index < -0.39 is 6.04 Å². The first-order valence-electron chi connectivity index (χ1n) is 9.02. The minimum absolute atomic E-state index is 0.0607. The Morgan fingerprint density at radius 1 is 1.41 bits per heavy atom. The number of fused-ring (bicyclic) bond motifs is 3. The third kappa shape index (κ3) is 4.19. The fourth-order valence-electron chi connectivity index (χ4n) is 2.94. The molecule has 0 aromatic heterocycles. The molecule has 2 aliphatic rings. The van der Waals surface area contributed by atoms with Crippen LogP contribution in [0, 0.1) is 11.3 Å². The summed E-state index contributed by atoms with van der Waals surface area (Å²) in [5.74, 6) is 0.504. The van der Waals surface area contributed by atoms with Gasteiger partial charge in [0.15, 0.2) is 5.17 Å². The Morgan fingerprint density at radius 2 is 2.22 bits per heavy atom. The molecule has 0 unspecified atom stereocenters. The van der Waals surface area contributed by atoms with Crippen LogP contribution in [0.4, 0.5) is 5.69 Å². The third-order valence-electron chi connectivity index (χ3n) is 4.31. The molecule has 2 heterocycles. The number of amidine groups is 2. The summed E-state index contributed by atoms with van der Waals surface area (Å²) in [6, 6.07) is 8.95. The summed E-state index contributed by atoms with van der Waals surface area (Å²) in [6.07, 6.45) is 2.57. The third-order valence-corrected chi connectivity index (χ3v) is 5.12. The van der Waals surface area contributed by atoms with E-state index >= 15 is 0 Å². The predicted molar refractivity (Wildman–Crippen MR) is 106 cm³/mol. The van der Waals surface area contributed by atoms with E-state index in [1.165, 1.54) is 16.7 Å². The molecule has 3 rings (SSSR count). The SMILES string of the molecule is CCCCNC(=O)CC[C@H]1N=C2c3ccccc3N=C(SCC#N)N2C1=O. The first-order chi connectivity index (χ1) is 13.2. The van der Waals surface area contributed by atoms with Crippen molar-refractivity contribution in [3.05, 3.63) is 29.8 Å². The minimum Gasteiger partial charge on any atom is -0.356 e. The van der Waals surface area contributed by atoms with Crippen molar-refractivity contribution in [3.63, 3.8) is 0 Å². The molecular weight excluding hydrogens is 362 g/mol. The summed E-state index contributed by atoms with van der Waals surface area (Å²) in [5.41, 5.74) is 1.53. The Kier molecular flexibility index (Phi) is 6.24. The van der Waals surface area contributed by atoms with Gasteiger partial charge in [-0.3, -0.25) is 14.6 Å². The molecule has 27 heavy (non-hydrogen) atoms. The molecule has 1 atom stereocenters. The monoisotopic (exact) mass is 383 g/mol. The summed E-state index contributed by atoms with van der Waals surface area (Å²) in [7, 11) is 0. The van der Waals surface area contributed by atoms with Gasteiger partial charge < -0.3 is 5.32 Å². The zero-order chi connectivity index (χ0) is 19.2. The lowest BCUT2D eigenvalue weighted by Gasteiger charge is -2.25. The highest BCUT2D eigenvalue weighted by Gasteiger charge is 2.41. The zero-order valence-corrected chi connectivity index (χ0v) is 16.0. The first kappa shape index (κ1) is 19.1. The number of nitrogens with one attached hydrogen (secondary N) is 1. The van der Waals surface area contributed by atoms with Crippen molar-refractivity contribution in [2.24, 2.45) is 9.98 Å². The van der Waals surface area contributed by atoms with Gasteiger partial charge in [0.25, 0.3) is 5.91 Å². The molecule has 0 spiro atoms. The van der Waals surface area contributed by atoms with Crippen LogP contribution in [0.3, 0.4) is 0 Å². The van der Waals surface area contributed by atoms with Crippen LogP contribution in [-0.2, 0) is 9.59 Å². The van der Waals surface area contributed by atoms with Crippen molar-refractivity contribution in [3.8, 4) is 6.07 Å². The van der Waals surface area contributed by atoms with Crippen LogP contribution < -0.4 is 5.32 Å². The Balaban J connectivity index is 1.76. The Bertz CT molecular complexity index is 843. The van der Waals surface area contributed by atoms with E-state index in [2.05, 4.69) is 28.3 Å². The predicted octanol–water partition coefficient (Wildman–Crippen LogP) is 2.60. The van der Waals surface area contributed by atoms with E-state index in [9.17, 15) is 9.59 Å². The summed E-state index contributed by atoms with van der Waals surface area (Å²) < 4.78 is 0. The number of hydrogen-bond donors (Lipinski definition) is 1. The second kappa shape index (κ2) is 8.82. The van der Waals surface area contributed by atoms with Gasteiger partial charge in [-0.25, -0.2) is 9.89 Å². The number of amides is 2. The van der Waals surface area contributed by atoms with Crippen molar-refractivity contribution < 1.29 is 9.59 Å². The number of aliphatic imine (C=N–C) groups is 2. The molecular formula is C19H21N5O2S. The van der Waals surface area contributed by atoms with Crippen molar-refractivity contribution in [2.75, 3.05) is 12.3 Å². The smallest absolute Gasteiger partial charge is 0.259 e. The van der Waals surface area contributed by atoms with E-state index in [4.69, 9.17) is 5.26 Å². The summed E-state index contributed by atoms with van der Waals surface area (Å²) >= 11 is 1.22. The highest BCUT2D eigenvalue weighted by atomic mass is 32.2. The summed E-state index contributed by atoms with van der Waals surface area (Å²) in [4.78, 5) is 35.5. The molecule has 2 amide bonds. The molecule has 0 fully saturated rings. The molecule has 0 saturated heterocycles. The normalized spacial score (nSPS) is 17.6. The fraction of sp³-hybridized carbons (Fsp3) is 0.421. The molecule has 1 aromatic carbocycles. The highest BCUT2D eigenvalue weighted by Crippen LogP contribution is 2.34. The van der Waals surface area contributed by atoms with Crippen LogP contribution in [0.1, 0.15) is 38.2 Å². The molecule has 1 N–H and O–H groups in total. The number of rotatable bonds is 7. The van der Waals surface area contributed by atoms with Gasteiger partial charge in [0.1, 0.15) is 11.9 Å². The van der Waals surface area contributed by atoms with Gasteiger partial charge in [-0.05, 0) is 25.0 Å². The molecule has 0 radical (unpaired) electrons. The lowest BCUT2D eigenvalue weighted by molar-refractivity contribution is -0.125. The number of hydrogen-bond acceptors (Lipinski definition) is 6. The topological polar surface area (TPSA) is 97.9 Å². The van der Waals surface area contributed by atoms with Gasteiger partial charge in [-0.2, -0.15) is 5.26 Å². The van der Waals surface area contributed by atoms with Gasteiger partial charge in [0.2, 0.25) is 5.91 Å². The molecule has 7 nitrogen and oxygen atoms in total. The first-order valence-corrected chi connectivity index (χ1v) is 10.0. The zero-order valence-electron chi connectivity index (χ0n) is 15.1. The van der Waals surface area contributed by atoms with E-state index in [0.29, 0.717) is 24.0 Å². The Labute approximate surface area is 162 Å². The van der Waals surface area contributed by atoms with Gasteiger partial charge in [-0.15, -0.1) is 0 Å². The number of benzene rings is 1. The quantitative estimate of drug-likeness (QED) is 0.732. The Hall–Kier alpha value is -2.66. The van der Waals surface area contributed by atoms with Crippen LogP contribution >= 0.6 is 11.8 Å². The van der Waals surface area contributed by atoms with E-state index in [-0.39, 0.29) is 24.0 Å². The summed E-state index contributed by atoms with van der Waals surface area (Å²) in [6.45, 7) is 2.72. The maximum Gasteiger partial charge on any atom is 0.259 e. The van der Waals surface area contributed by atoms with Crippen LogP contribution in [0.2, 0.25) is 0 Å². The lowest BCUT2D eigenvalue weighted by atomic mass is 10.1. The number of nitriles is 1. The second-order valence-corrected chi connectivity index (χ2v) is 7.19. The number of nitrogens with zero attached hydrogens (tertiary/aromatic N) is 4. The minimum atomic E-state index is -0.601. The Morgan fingerprint density at radius 3 is 3.00 bits per heavy atom. The van der Waals surface area contributed by atoms with Crippen molar-refractivity contribution in [1.29, 1.82) is 5.26 Å². The van der Waals surface area contributed by atoms with Crippen LogP contribution in [0.25, 0.3) is 0 Å². The van der Waals surface area contributed by atoms with E-state index in [1.807, 2.05) is 24.3 Å². The van der Waals surface area contributed by atoms with Crippen LogP contribution in [0.5, 0.6) is 0 Å². The number of carbonyl (C=O) groups excluding carboxylic acids is 2. The largest absolute Gasteiger partial charge is 0.356 e. The highest BCUT2D eigenvalue weighted by molar-refractivity contribution is 8.14. The summed E-state index contributed by atoms with van der Waals surface area (Å²) in [5, 5.41) is 12.2. The van der Waals surface area contributed by atoms with Crippen molar-refractivity contribution >= 4 is 40.3 Å². The van der Waals surface area contributed by atoms with Gasteiger partial charge in [0, 0.05) is 18.5 Å². The average Bonchev–Trinajstić information content (AvgIpc) is 3.02. The molecule has 1 aromatic rings. The maximum atomic E-state index is 12.9. The molecule has 0 saturated carbocycles. The standard InChI is InChI=1S/C19H21N5O2S/c1-2-3-11-21-16(25)9-8-15-18(26)24-17(22-15)13-6-4-5-7-14(13)23-19(24)27-12-10-20/h4-7,15H,2-3,8-9,11-12H2,1H3,(H,21,25)/t15-/m1/s1. The van der Waals surface area contributed by atoms with Gasteiger partial charge in [0.05, 0.1) is 17.5 Å². The number of para-hydroxylation sites is 1. The maximum absolute atomic E-state index is 12.9. The van der Waals surface area contributed by atoms with E-state index in [0.717, 1.165) is 24.1 Å². The second-order valence-electron chi connectivity index (χ2n) is 6.24. The van der Waals surface area contributed by atoms with Crippen LogP contribution in [-0.4, -0.2) is 46.1 Å². The van der Waals surface area contributed by atoms with Crippen molar-refractivity contribution in [1.82, 2.24) is 10.2 Å². The molecule has 140 valence electrons. The number of thioether (sulfide) groups is 1. The lowest BCUT2D eigenvalue weighted by Crippen LogP contribution is -2.41. The molecule has 0 bridgehead atoms. The van der Waals surface area contributed by atoms with Gasteiger partial charge in [-0.1, -0.05) is 37.2 Å². The number of unbranched alkanes of at least 4 members (excludes halogenated alkanes) is 1. The molecule has 0 aliphatic carbocycles. The van der Waals surface area contributed by atoms with Gasteiger partial charge >= 0.3 is 0 Å². The van der Waals surface area contributed by atoms with Crippen molar-refractivity contribution in [2.45, 2.75) is 38.6 Å². The van der Waals surface area contributed by atoms with E-state index in [1.54, 1.807) is 0 Å². The molecule has 2 aliphatic heterocycles. The molecule has 8 heteroatoms. The average molecular weight is 383 g/mol. The number of carbonyl (C=O) groups is 2. The fourth-order valence-corrected chi connectivity index (χ4v) is 3.61. The van der Waals surface area contributed by atoms with Crippen LogP contribution in [0.15, 0.2) is 34.3 Å².